The molecule has 2 heterocycles. The first-order valence-corrected chi connectivity index (χ1v) is 14.1. The highest BCUT2D eigenvalue weighted by molar-refractivity contribution is 5.86. The number of rotatable bonds is 1. The van der Waals surface area contributed by atoms with Gasteiger partial charge in [0.25, 0.3) is 0 Å². The quantitative estimate of drug-likeness (QED) is 0.524. The predicted octanol–water partition coefficient (Wildman–Crippen LogP) is 4.79. The minimum Gasteiger partial charge on any atom is -0.392 e. The van der Waals surface area contributed by atoms with Gasteiger partial charge in [-0.05, 0) is 68.6 Å². The Labute approximate surface area is 210 Å². The van der Waals surface area contributed by atoms with Gasteiger partial charge in [-0.25, -0.2) is 0 Å². The van der Waals surface area contributed by atoms with E-state index < -0.39 is 17.5 Å². The van der Waals surface area contributed by atoms with Gasteiger partial charge in [-0.2, -0.15) is 0 Å². The molecule has 0 aromatic heterocycles. The standard InChI is InChI=1S/C30H44O5/c1-16-12-17-23(25(4,5)33)35-30(34-17)14-27(7)19-9-8-18-24(2,3)20(31)10-11-28(18)15-29(19,28)21(32)13-26(27,6)22(16)30/h9,16-18,21-23,32-33H,8,10-15H2,1-7H3/t16-,17-,18+,21+,22-,23+,26-,27+,28-,29+,30-/m1/s1. The van der Waals surface area contributed by atoms with E-state index in [4.69, 9.17) is 9.47 Å². The molecule has 0 aromatic carbocycles. The van der Waals surface area contributed by atoms with Crippen molar-refractivity contribution in [3.63, 3.8) is 0 Å². The van der Waals surface area contributed by atoms with Gasteiger partial charge in [-0.1, -0.05) is 46.3 Å². The van der Waals surface area contributed by atoms with Gasteiger partial charge in [0.05, 0.1) is 17.8 Å². The van der Waals surface area contributed by atoms with Crippen molar-refractivity contribution in [2.24, 2.45) is 44.8 Å². The largest absolute Gasteiger partial charge is 0.392 e. The molecule has 7 aliphatic rings. The van der Waals surface area contributed by atoms with Gasteiger partial charge in [-0.15, -0.1) is 0 Å². The van der Waals surface area contributed by atoms with E-state index >= 15 is 0 Å². The summed E-state index contributed by atoms with van der Waals surface area (Å²) < 4.78 is 13.7. The maximum absolute atomic E-state index is 12.9. The second kappa shape index (κ2) is 6.11. The van der Waals surface area contributed by atoms with Gasteiger partial charge >= 0.3 is 0 Å². The normalized spacial score (nSPS) is 59.6. The molecular formula is C30H44O5. The number of aliphatic hydroxyl groups excluding tert-OH is 1. The fraction of sp³-hybridized carbons (Fsp3) is 0.900. The van der Waals surface area contributed by atoms with Crippen molar-refractivity contribution in [3.8, 4) is 0 Å². The Morgan fingerprint density at radius 2 is 1.83 bits per heavy atom. The van der Waals surface area contributed by atoms with Gasteiger partial charge in [0.1, 0.15) is 11.9 Å². The second-order valence-electron chi connectivity index (χ2n) is 15.4. The highest BCUT2D eigenvalue weighted by Gasteiger charge is 2.86. The number of ketones is 1. The van der Waals surface area contributed by atoms with Crippen LogP contribution in [0.25, 0.3) is 0 Å². The predicted molar refractivity (Wildman–Crippen MR) is 131 cm³/mol. The minimum atomic E-state index is -0.961. The lowest BCUT2D eigenvalue weighted by atomic mass is 9.44. The van der Waals surface area contributed by atoms with Gasteiger partial charge in [0.15, 0.2) is 5.79 Å². The number of hydrogen-bond acceptors (Lipinski definition) is 5. The molecule has 5 aliphatic carbocycles. The Kier molecular flexibility index (Phi) is 4.08. The number of fused-ring (bicyclic) bond motifs is 4. The first kappa shape index (κ1) is 23.4. The molecule has 6 fully saturated rings. The van der Waals surface area contributed by atoms with E-state index in [1.165, 1.54) is 5.57 Å². The van der Waals surface area contributed by atoms with E-state index in [0.717, 1.165) is 38.5 Å². The van der Waals surface area contributed by atoms with Crippen LogP contribution in [0, 0.1) is 44.8 Å². The Morgan fingerprint density at radius 3 is 2.51 bits per heavy atom. The van der Waals surface area contributed by atoms with Crippen LogP contribution in [-0.4, -0.2) is 45.7 Å². The molecular weight excluding hydrogens is 440 g/mol. The smallest absolute Gasteiger partial charge is 0.173 e. The highest BCUT2D eigenvalue weighted by Crippen LogP contribution is 2.88. The highest BCUT2D eigenvalue weighted by atomic mass is 16.8. The third kappa shape index (κ3) is 2.28. The monoisotopic (exact) mass is 484 g/mol. The van der Waals surface area contributed by atoms with Crippen molar-refractivity contribution >= 4 is 5.78 Å². The summed E-state index contributed by atoms with van der Waals surface area (Å²) in [5.41, 5.74) is -0.301. The van der Waals surface area contributed by atoms with E-state index in [1.54, 1.807) is 0 Å². The maximum atomic E-state index is 12.9. The summed E-state index contributed by atoms with van der Waals surface area (Å²) in [5, 5.41) is 23.0. The summed E-state index contributed by atoms with van der Waals surface area (Å²) in [6, 6.07) is 0. The Bertz CT molecular complexity index is 1060. The van der Waals surface area contributed by atoms with Crippen molar-refractivity contribution < 1.29 is 24.5 Å². The van der Waals surface area contributed by atoms with E-state index in [9.17, 15) is 15.0 Å². The molecule has 3 spiro atoms. The zero-order valence-electron chi connectivity index (χ0n) is 22.6. The number of Topliss-reactive ketones (excluding diaryl/α,β-unsaturated/α-hetero) is 1. The summed E-state index contributed by atoms with van der Waals surface area (Å²) in [6.07, 6.45) is 7.57. The first-order chi connectivity index (χ1) is 16.1. The lowest BCUT2D eigenvalue weighted by Crippen LogP contribution is -2.58. The lowest BCUT2D eigenvalue weighted by molar-refractivity contribution is -0.246. The summed E-state index contributed by atoms with van der Waals surface area (Å²) in [5.74, 6) is 0.568. The molecule has 0 radical (unpaired) electrons. The second-order valence-corrected chi connectivity index (χ2v) is 15.4. The topological polar surface area (TPSA) is 76.0 Å². The molecule has 5 heteroatoms. The zero-order valence-corrected chi connectivity index (χ0v) is 22.6. The van der Waals surface area contributed by atoms with E-state index in [1.807, 2.05) is 13.8 Å². The number of allylic oxidation sites excluding steroid dienone is 1. The van der Waals surface area contributed by atoms with Crippen LogP contribution in [0.1, 0.15) is 93.4 Å². The summed E-state index contributed by atoms with van der Waals surface area (Å²) in [6.45, 7) is 15.1. The number of ether oxygens (including phenoxy) is 2. The average Bonchev–Trinajstić information content (AvgIpc) is 3.26. The summed E-state index contributed by atoms with van der Waals surface area (Å²) >= 11 is 0. The minimum absolute atomic E-state index is 0.0465. The van der Waals surface area contributed by atoms with Crippen LogP contribution in [0.2, 0.25) is 0 Å². The van der Waals surface area contributed by atoms with Crippen molar-refractivity contribution in [1.29, 1.82) is 0 Å². The molecule has 11 atom stereocenters. The molecule has 2 N–H and O–H groups in total. The Hall–Kier alpha value is -0.750. The molecule has 4 saturated carbocycles. The van der Waals surface area contributed by atoms with Gasteiger partial charge in [0.2, 0.25) is 0 Å². The van der Waals surface area contributed by atoms with Crippen LogP contribution >= 0.6 is 0 Å². The van der Waals surface area contributed by atoms with E-state index in [-0.39, 0.29) is 45.2 Å². The van der Waals surface area contributed by atoms with Gasteiger partial charge in [-0.3, -0.25) is 4.79 Å². The van der Waals surface area contributed by atoms with Gasteiger partial charge in [0, 0.05) is 35.0 Å². The molecule has 2 bridgehead atoms. The van der Waals surface area contributed by atoms with Crippen LogP contribution < -0.4 is 0 Å². The molecule has 5 nitrogen and oxygen atoms in total. The molecule has 35 heavy (non-hydrogen) atoms. The number of carbonyl (C=O) groups excluding carboxylic acids is 1. The van der Waals surface area contributed by atoms with Crippen molar-refractivity contribution in [3.05, 3.63) is 11.6 Å². The van der Waals surface area contributed by atoms with Crippen LogP contribution in [0.15, 0.2) is 11.6 Å². The maximum Gasteiger partial charge on any atom is 0.173 e. The van der Waals surface area contributed by atoms with Crippen LogP contribution in [-0.2, 0) is 14.3 Å². The molecule has 0 unspecified atom stereocenters. The molecule has 2 saturated heterocycles. The third-order valence-corrected chi connectivity index (χ3v) is 13.1. The van der Waals surface area contributed by atoms with Crippen molar-refractivity contribution in [2.45, 2.75) is 123 Å². The van der Waals surface area contributed by atoms with Crippen LogP contribution in [0.5, 0.6) is 0 Å². The SMILES string of the molecule is C[C@@H]1C[C@H]2O[C@]3(C[C@@]4(C)C5=CC[C@H]6C(C)(C)C(=O)CC[C@@]67C[C@@]57[C@@H](O)C[C@]4(C)[C@@H]13)O[C@@H]2C(C)(C)O. The van der Waals surface area contributed by atoms with Crippen LogP contribution in [0.3, 0.4) is 0 Å². The van der Waals surface area contributed by atoms with Crippen molar-refractivity contribution in [2.75, 3.05) is 0 Å². The fourth-order valence-electron chi connectivity index (χ4n) is 11.7. The third-order valence-electron chi connectivity index (χ3n) is 13.1. The first-order valence-electron chi connectivity index (χ1n) is 14.1. The molecule has 0 amide bonds. The number of carbonyl (C=O) groups is 1. The fourth-order valence-corrected chi connectivity index (χ4v) is 11.7. The molecule has 194 valence electrons. The van der Waals surface area contributed by atoms with Gasteiger partial charge < -0.3 is 19.7 Å². The zero-order chi connectivity index (χ0) is 25.2. The molecule has 0 aromatic rings. The average molecular weight is 485 g/mol. The van der Waals surface area contributed by atoms with E-state index in [2.05, 4.69) is 40.7 Å². The van der Waals surface area contributed by atoms with Crippen LogP contribution in [0.4, 0.5) is 0 Å². The van der Waals surface area contributed by atoms with Crippen molar-refractivity contribution in [1.82, 2.24) is 0 Å². The number of aliphatic hydroxyl groups is 2. The Morgan fingerprint density at radius 1 is 1.11 bits per heavy atom. The summed E-state index contributed by atoms with van der Waals surface area (Å²) in [4.78, 5) is 12.9. The summed E-state index contributed by atoms with van der Waals surface area (Å²) in [7, 11) is 0. The lowest BCUT2D eigenvalue weighted by Gasteiger charge is -2.60. The van der Waals surface area contributed by atoms with E-state index in [0.29, 0.717) is 24.0 Å². The number of hydrogen-bond donors (Lipinski definition) is 2. The molecule has 7 rings (SSSR count). The molecule has 2 aliphatic heterocycles. The Balaban J connectivity index is 1.36.